The number of carboxylic acid groups (broad SMARTS) is 1. The van der Waals surface area contributed by atoms with Crippen molar-refractivity contribution >= 4 is 46.8 Å². The van der Waals surface area contributed by atoms with Gasteiger partial charge in [-0.3, -0.25) is 14.2 Å². The molecule has 3 atom stereocenters. The predicted molar refractivity (Wildman–Crippen MR) is 167 cm³/mol. The summed E-state index contributed by atoms with van der Waals surface area (Å²) < 4.78 is 6.39. The van der Waals surface area contributed by atoms with Crippen molar-refractivity contribution in [2.45, 2.75) is 77.5 Å². The second-order valence-electron chi connectivity index (χ2n) is 12.3. The van der Waals surface area contributed by atoms with Crippen molar-refractivity contribution in [2.75, 3.05) is 38.1 Å². The molecule has 0 radical (unpaired) electrons. The molecule has 2 aromatic heterocycles. The minimum Gasteiger partial charge on any atom is -0.480 e. The summed E-state index contributed by atoms with van der Waals surface area (Å²) in [6.07, 6.45) is 3.88. The Kier molecular flexibility index (Phi) is 12.3. The molecule has 0 spiro atoms. The molecule has 0 bridgehead atoms. The fourth-order valence-electron chi connectivity index (χ4n) is 5.22. The highest BCUT2D eigenvalue weighted by Crippen LogP contribution is 2.29. The molecule has 4 amide bonds. The molecular weight excluding hydrogens is 598 g/mol. The molecule has 16 nitrogen and oxygen atoms in total. The number of aliphatic carboxylic acids is 1. The first-order valence-electron chi connectivity index (χ1n) is 15.2. The third kappa shape index (κ3) is 9.78. The number of rotatable bonds is 12. The summed E-state index contributed by atoms with van der Waals surface area (Å²) in [5.74, 6) is -1.31. The van der Waals surface area contributed by atoms with Crippen LogP contribution in [0.25, 0.3) is 11.0 Å². The third-order valence-corrected chi connectivity index (χ3v) is 7.63. The maximum absolute atomic E-state index is 13.0. The average Bonchev–Trinajstić information content (AvgIpc) is 3.42. The van der Waals surface area contributed by atoms with E-state index in [1.165, 1.54) is 17.1 Å². The predicted octanol–water partition coefficient (Wildman–Crippen LogP) is 1.84. The lowest BCUT2D eigenvalue weighted by Gasteiger charge is -2.42. The van der Waals surface area contributed by atoms with Gasteiger partial charge in [-0.2, -0.15) is 5.26 Å². The van der Waals surface area contributed by atoms with E-state index in [9.17, 15) is 29.1 Å². The van der Waals surface area contributed by atoms with Crippen LogP contribution in [-0.4, -0.2) is 105 Å². The summed E-state index contributed by atoms with van der Waals surface area (Å²) in [6, 6.07) is 1.70. The quantitative estimate of drug-likeness (QED) is 0.246. The molecule has 1 fully saturated rings. The Morgan fingerprint density at radius 2 is 1.93 bits per heavy atom. The Bertz CT molecular complexity index is 1460. The van der Waals surface area contributed by atoms with Gasteiger partial charge in [0, 0.05) is 32.9 Å². The van der Waals surface area contributed by atoms with Gasteiger partial charge in [-0.25, -0.2) is 24.4 Å². The van der Waals surface area contributed by atoms with Gasteiger partial charge in [0.2, 0.25) is 11.8 Å². The molecule has 0 aromatic carbocycles. The molecule has 4 N–H and O–H groups in total. The molecular formula is C30H43N9O7. The Morgan fingerprint density at radius 3 is 2.61 bits per heavy atom. The van der Waals surface area contributed by atoms with Gasteiger partial charge >= 0.3 is 18.1 Å². The molecule has 1 aliphatic heterocycles. The highest BCUT2D eigenvalue weighted by Gasteiger charge is 2.33. The maximum Gasteiger partial charge on any atom is 0.407 e. The van der Waals surface area contributed by atoms with Crippen molar-refractivity contribution in [3.8, 4) is 6.07 Å². The first-order chi connectivity index (χ1) is 21.7. The zero-order chi connectivity index (χ0) is 34.0. The number of anilines is 1. The lowest BCUT2D eigenvalue weighted by molar-refractivity contribution is -0.141. The lowest BCUT2D eigenvalue weighted by atomic mass is 9.92. The van der Waals surface area contributed by atoms with Crippen molar-refractivity contribution in [3.05, 3.63) is 18.6 Å². The van der Waals surface area contributed by atoms with Gasteiger partial charge in [0.25, 0.3) is 0 Å². The number of likely N-dealkylation sites (N-methyl/N-ethyl adjacent to an activating group) is 1. The van der Waals surface area contributed by atoms with E-state index >= 15 is 0 Å². The van der Waals surface area contributed by atoms with Gasteiger partial charge in [-0.15, -0.1) is 0 Å². The van der Waals surface area contributed by atoms with E-state index < -0.39 is 42.2 Å². The van der Waals surface area contributed by atoms with Crippen molar-refractivity contribution in [1.29, 1.82) is 5.26 Å². The molecule has 46 heavy (non-hydrogen) atoms. The van der Waals surface area contributed by atoms with Crippen molar-refractivity contribution in [1.82, 2.24) is 35.4 Å². The van der Waals surface area contributed by atoms with Crippen LogP contribution >= 0.6 is 0 Å². The molecule has 0 aliphatic carbocycles. The molecule has 3 heterocycles. The summed E-state index contributed by atoms with van der Waals surface area (Å²) in [4.78, 5) is 73.7. The van der Waals surface area contributed by atoms with Crippen LogP contribution in [0.4, 0.5) is 15.4 Å². The van der Waals surface area contributed by atoms with Crippen molar-refractivity contribution < 1.29 is 33.8 Å². The van der Waals surface area contributed by atoms with Crippen LogP contribution < -0.4 is 20.9 Å². The topological polar surface area (TPSA) is 212 Å². The number of carbonyl (C=O) groups is 5. The smallest absolute Gasteiger partial charge is 0.407 e. The second-order valence-corrected chi connectivity index (χ2v) is 12.3. The highest BCUT2D eigenvalue weighted by atomic mass is 16.6. The number of hydrogen-bond acceptors (Lipinski definition) is 10. The number of piperidine rings is 1. The standard InChI is InChI=1S/C30H43N9O7/c1-19-10-14-38(24(41)9-12-31)17-22(19)37(5)25-20-11-15-39(26(20)35-18-34-25)28(44)33-16-23(40)36-21(27(42)43)8-6-7-13-32-29(45)46-30(2,3)4/h11,15,18-19,21-22H,6-10,13-14,16-17H2,1-5H3,(H,32,45)(H,33,44)(H,36,40)(H,42,43)/t19-,21?,22+/m1/s1. The van der Waals surface area contributed by atoms with Crippen LogP contribution in [0.3, 0.4) is 0 Å². The van der Waals surface area contributed by atoms with Crippen LogP contribution in [0.2, 0.25) is 0 Å². The number of nitrogens with zero attached hydrogens (tertiary/aromatic N) is 6. The summed E-state index contributed by atoms with van der Waals surface area (Å²) in [5.41, 5.74) is -0.320. The third-order valence-electron chi connectivity index (χ3n) is 7.63. The number of fused-ring (bicyclic) bond motifs is 1. The largest absolute Gasteiger partial charge is 0.480 e. The van der Waals surface area contributed by atoms with E-state index in [-0.39, 0.29) is 37.3 Å². The van der Waals surface area contributed by atoms with E-state index in [2.05, 4.69) is 32.8 Å². The van der Waals surface area contributed by atoms with Gasteiger partial charge in [0.15, 0.2) is 5.65 Å². The first kappa shape index (κ1) is 35.5. The molecule has 1 aliphatic rings. The lowest BCUT2D eigenvalue weighted by Crippen LogP contribution is -2.52. The van der Waals surface area contributed by atoms with Gasteiger partial charge < -0.3 is 35.6 Å². The molecule has 250 valence electrons. The van der Waals surface area contributed by atoms with Crippen molar-refractivity contribution in [2.24, 2.45) is 5.92 Å². The normalized spacial score (nSPS) is 17.0. The van der Waals surface area contributed by atoms with E-state index in [4.69, 9.17) is 10.00 Å². The Balaban J connectivity index is 1.56. The maximum atomic E-state index is 13.0. The summed E-state index contributed by atoms with van der Waals surface area (Å²) >= 11 is 0. The summed E-state index contributed by atoms with van der Waals surface area (Å²) in [7, 11) is 1.86. The number of nitrogens with one attached hydrogen (secondary N) is 3. The number of nitriles is 1. The molecule has 1 unspecified atom stereocenters. The number of ether oxygens (including phenoxy) is 1. The Morgan fingerprint density at radius 1 is 1.20 bits per heavy atom. The van der Waals surface area contributed by atoms with Crippen LogP contribution in [0.1, 0.15) is 59.8 Å². The van der Waals surface area contributed by atoms with Crippen LogP contribution in [-0.2, 0) is 19.1 Å². The second kappa shape index (κ2) is 15.9. The first-order valence-corrected chi connectivity index (χ1v) is 15.2. The zero-order valence-corrected chi connectivity index (χ0v) is 26.9. The van der Waals surface area contributed by atoms with Gasteiger partial charge in [0.1, 0.15) is 30.2 Å². The van der Waals surface area contributed by atoms with Gasteiger partial charge in [0.05, 0.1) is 24.0 Å². The van der Waals surface area contributed by atoms with Crippen LogP contribution in [0, 0.1) is 17.2 Å². The minimum absolute atomic E-state index is 0.0845. The number of unbranched alkanes of at least 4 members (excludes halogenated alkanes) is 1. The molecule has 0 saturated carbocycles. The fourth-order valence-corrected chi connectivity index (χ4v) is 5.22. The Hall–Kier alpha value is -4.94. The van der Waals surface area contributed by atoms with E-state index in [1.54, 1.807) is 31.7 Å². The molecule has 2 aromatic rings. The number of carbonyl (C=O) groups excluding carboxylic acids is 4. The number of hydrogen-bond donors (Lipinski definition) is 4. The van der Waals surface area contributed by atoms with E-state index in [0.29, 0.717) is 42.8 Å². The molecule has 1 saturated heterocycles. The highest BCUT2D eigenvalue weighted by molar-refractivity contribution is 5.96. The van der Waals surface area contributed by atoms with Crippen molar-refractivity contribution in [3.63, 3.8) is 0 Å². The average molecular weight is 642 g/mol. The number of aromatic nitrogens is 3. The minimum atomic E-state index is -1.21. The SMILES string of the molecule is C[C@@H]1CCN(C(=O)CC#N)C[C@@H]1N(C)c1ncnc2c1ccn2C(=O)NCC(=O)NC(CCCCNC(=O)OC(C)(C)C)C(=O)O. The number of carboxylic acids is 1. The fraction of sp³-hybridized carbons (Fsp3) is 0.600. The van der Waals surface area contributed by atoms with E-state index in [1.807, 2.05) is 18.0 Å². The summed E-state index contributed by atoms with van der Waals surface area (Å²) in [5, 5.41) is 26.6. The monoisotopic (exact) mass is 641 g/mol. The van der Waals surface area contributed by atoms with Gasteiger partial charge in [-0.1, -0.05) is 6.92 Å². The molecule has 3 rings (SSSR count). The summed E-state index contributed by atoms with van der Waals surface area (Å²) in [6.45, 7) is 8.17. The zero-order valence-electron chi connectivity index (χ0n) is 26.9. The number of likely N-dealkylation sites (tertiary alicyclic amines) is 1. The molecule has 16 heteroatoms. The van der Waals surface area contributed by atoms with Crippen LogP contribution in [0.5, 0.6) is 0 Å². The number of alkyl carbamates (subject to hydrolysis) is 1. The number of amides is 4. The van der Waals surface area contributed by atoms with Crippen LogP contribution in [0.15, 0.2) is 18.6 Å². The Labute approximate surface area is 267 Å². The van der Waals surface area contributed by atoms with E-state index in [0.717, 1.165) is 6.42 Å². The van der Waals surface area contributed by atoms with Gasteiger partial charge in [-0.05, 0) is 58.4 Å².